The number of piperidine rings is 1. The summed E-state index contributed by atoms with van der Waals surface area (Å²) in [6, 6.07) is 8.33. The van der Waals surface area contributed by atoms with Gasteiger partial charge in [-0.15, -0.1) is 0 Å². The first-order chi connectivity index (χ1) is 13.7. The van der Waals surface area contributed by atoms with E-state index in [0.29, 0.717) is 17.8 Å². The van der Waals surface area contributed by atoms with Gasteiger partial charge in [0.15, 0.2) is 0 Å². The van der Waals surface area contributed by atoms with E-state index in [4.69, 9.17) is 0 Å². The first kappa shape index (κ1) is 21.5. The Morgan fingerprint density at radius 3 is 2.62 bits per heavy atom. The SMILES string of the molecule is Cc1ccc(S(=O)(=O)N2CCCCC2C)cc1C(=O)N(c1cccnc1)C(C)C. The van der Waals surface area contributed by atoms with Gasteiger partial charge in [0.2, 0.25) is 10.0 Å². The van der Waals surface area contributed by atoms with Crippen molar-refractivity contribution in [2.75, 3.05) is 11.4 Å². The molecule has 0 N–H and O–H groups in total. The highest BCUT2D eigenvalue weighted by Gasteiger charge is 2.32. The number of carbonyl (C=O) groups excluding carboxylic acids is 1. The second kappa shape index (κ2) is 8.63. The molecule has 29 heavy (non-hydrogen) atoms. The summed E-state index contributed by atoms with van der Waals surface area (Å²) in [7, 11) is -3.64. The number of nitrogens with zero attached hydrogens (tertiary/aromatic N) is 3. The van der Waals surface area contributed by atoms with Crippen LogP contribution in [0.2, 0.25) is 0 Å². The fourth-order valence-corrected chi connectivity index (χ4v) is 5.56. The molecule has 1 aliphatic heterocycles. The first-order valence-electron chi connectivity index (χ1n) is 10.1. The van der Waals surface area contributed by atoms with Gasteiger partial charge in [0, 0.05) is 30.4 Å². The molecule has 0 radical (unpaired) electrons. The van der Waals surface area contributed by atoms with Crippen molar-refractivity contribution in [3.63, 3.8) is 0 Å². The van der Waals surface area contributed by atoms with E-state index < -0.39 is 10.0 Å². The normalized spacial score (nSPS) is 18.0. The Balaban J connectivity index is 2.01. The van der Waals surface area contributed by atoms with Gasteiger partial charge >= 0.3 is 0 Å². The highest BCUT2D eigenvalue weighted by atomic mass is 32.2. The minimum atomic E-state index is -3.64. The Labute approximate surface area is 173 Å². The second-order valence-corrected chi connectivity index (χ2v) is 9.81. The van der Waals surface area contributed by atoms with Crippen LogP contribution < -0.4 is 4.90 Å². The maximum atomic E-state index is 13.4. The van der Waals surface area contributed by atoms with Gasteiger partial charge in [-0.3, -0.25) is 9.78 Å². The Hall–Kier alpha value is -2.25. The lowest BCUT2D eigenvalue weighted by molar-refractivity contribution is 0.0979. The number of rotatable bonds is 5. The van der Waals surface area contributed by atoms with Crippen molar-refractivity contribution < 1.29 is 13.2 Å². The molecule has 1 atom stereocenters. The van der Waals surface area contributed by atoms with Gasteiger partial charge in [0.25, 0.3) is 5.91 Å². The average Bonchev–Trinajstić information content (AvgIpc) is 2.69. The zero-order chi connectivity index (χ0) is 21.2. The van der Waals surface area contributed by atoms with Crippen LogP contribution in [0.4, 0.5) is 5.69 Å². The van der Waals surface area contributed by atoms with Crippen LogP contribution in [0, 0.1) is 6.92 Å². The van der Waals surface area contributed by atoms with Gasteiger partial charge in [-0.05, 0) is 70.4 Å². The molecule has 0 saturated carbocycles. The van der Waals surface area contributed by atoms with E-state index >= 15 is 0 Å². The van der Waals surface area contributed by atoms with Crippen LogP contribution in [0.25, 0.3) is 0 Å². The average molecular weight is 416 g/mol. The lowest BCUT2D eigenvalue weighted by Crippen LogP contribution is -2.42. The number of anilines is 1. The second-order valence-electron chi connectivity index (χ2n) is 7.92. The maximum absolute atomic E-state index is 13.4. The quantitative estimate of drug-likeness (QED) is 0.740. The van der Waals surface area contributed by atoms with E-state index in [-0.39, 0.29) is 22.9 Å². The molecule has 1 aromatic carbocycles. The predicted octanol–water partition coefficient (Wildman–Crippen LogP) is 4.01. The van der Waals surface area contributed by atoms with Crippen LogP contribution in [0.5, 0.6) is 0 Å². The highest BCUT2D eigenvalue weighted by Crippen LogP contribution is 2.28. The van der Waals surface area contributed by atoms with Crippen molar-refractivity contribution in [2.24, 2.45) is 0 Å². The molecular formula is C22H29N3O3S. The predicted molar refractivity (Wildman–Crippen MR) is 115 cm³/mol. The summed E-state index contributed by atoms with van der Waals surface area (Å²) in [6.45, 7) is 8.15. The molecular weight excluding hydrogens is 386 g/mol. The molecule has 0 spiro atoms. The molecule has 1 aliphatic rings. The van der Waals surface area contributed by atoms with E-state index in [2.05, 4.69) is 4.98 Å². The summed E-state index contributed by atoms with van der Waals surface area (Å²) in [4.78, 5) is 19.4. The number of hydrogen-bond donors (Lipinski definition) is 0. The lowest BCUT2D eigenvalue weighted by Gasteiger charge is -2.32. The summed E-state index contributed by atoms with van der Waals surface area (Å²) in [6.07, 6.45) is 6.07. The number of carbonyl (C=O) groups is 1. The number of pyridine rings is 1. The number of hydrogen-bond acceptors (Lipinski definition) is 4. The van der Waals surface area contributed by atoms with Gasteiger partial charge < -0.3 is 4.90 Å². The van der Waals surface area contributed by atoms with Gasteiger partial charge in [-0.2, -0.15) is 4.31 Å². The summed E-state index contributed by atoms with van der Waals surface area (Å²) in [5, 5.41) is 0. The molecule has 2 aromatic rings. The lowest BCUT2D eigenvalue weighted by atomic mass is 10.1. The van der Waals surface area contributed by atoms with Crippen LogP contribution in [0.1, 0.15) is 56.0 Å². The van der Waals surface area contributed by atoms with Crippen molar-refractivity contribution in [2.45, 2.75) is 63.9 Å². The molecule has 0 aliphatic carbocycles. The number of benzene rings is 1. The Morgan fingerprint density at radius 2 is 2.00 bits per heavy atom. The van der Waals surface area contributed by atoms with Crippen molar-refractivity contribution >= 4 is 21.6 Å². The third kappa shape index (κ3) is 4.36. The number of aromatic nitrogens is 1. The van der Waals surface area contributed by atoms with Crippen LogP contribution in [0.15, 0.2) is 47.6 Å². The number of aryl methyl sites for hydroxylation is 1. The molecule has 2 heterocycles. The van der Waals surface area contributed by atoms with E-state index in [1.54, 1.807) is 39.8 Å². The summed E-state index contributed by atoms with van der Waals surface area (Å²) in [5.41, 5.74) is 1.83. The fourth-order valence-electron chi connectivity index (χ4n) is 3.83. The molecule has 1 saturated heterocycles. The van der Waals surface area contributed by atoms with Gasteiger partial charge in [0.05, 0.1) is 16.8 Å². The van der Waals surface area contributed by atoms with E-state index in [1.807, 2.05) is 33.8 Å². The molecule has 156 valence electrons. The molecule has 6 nitrogen and oxygen atoms in total. The first-order valence-corrected chi connectivity index (χ1v) is 11.5. The Bertz CT molecular complexity index is 974. The Kier molecular flexibility index (Phi) is 6.39. The summed E-state index contributed by atoms with van der Waals surface area (Å²) in [5.74, 6) is -0.228. The molecule has 1 fully saturated rings. The molecule has 0 bridgehead atoms. The van der Waals surface area contributed by atoms with E-state index in [1.165, 1.54) is 6.07 Å². The topological polar surface area (TPSA) is 70.6 Å². The highest BCUT2D eigenvalue weighted by molar-refractivity contribution is 7.89. The Morgan fingerprint density at radius 1 is 1.24 bits per heavy atom. The van der Waals surface area contributed by atoms with Crippen molar-refractivity contribution in [3.05, 3.63) is 53.9 Å². The zero-order valence-corrected chi connectivity index (χ0v) is 18.3. The third-order valence-corrected chi connectivity index (χ3v) is 7.46. The number of sulfonamides is 1. The summed E-state index contributed by atoms with van der Waals surface area (Å²) >= 11 is 0. The van der Waals surface area contributed by atoms with Gasteiger partial charge in [0.1, 0.15) is 0 Å². The minimum Gasteiger partial charge on any atom is -0.304 e. The third-order valence-electron chi connectivity index (χ3n) is 5.45. The smallest absolute Gasteiger partial charge is 0.258 e. The fraction of sp³-hybridized carbons (Fsp3) is 0.455. The standard InChI is InChI=1S/C22H29N3O3S/c1-16(2)25(19-9-7-12-23-15-19)22(26)21-14-20(11-10-17(21)3)29(27,28)24-13-6-5-8-18(24)4/h7,9-12,14-16,18H,5-6,8,13H2,1-4H3. The maximum Gasteiger partial charge on any atom is 0.258 e. The van der Waals surface area contributed by atoms with Gasteiger partial charge in [-0.1, -0.05) is 12.5 Å². The monoisotopic (exact) mass is 415 g/mol. The molecule has 3 rings (SSSR count). The molecule has 1 aromatic heterocycles. The van der Waals surface area contributed by atoms with Crippen molar-refractivity contribution in [1.29, 1.82) is 0 Å². The van der Waals surface area contributed by atoms with E-state index in [9.17, 15) is 13.2 Å². The van der Waals surface area contributed by atoms with Crippen LogP contribution >= 0.6 is 0 Å². The van der Waals surface area contributed by atoms with Gasteiger partial charge in [-0.25, -0.2) is 8.42 Å². The largest absolute Gasteiger partial charge is 0.304 e. The minimum absolute atomic E-state index is 0.0308. The van der Waals surface area contributed by atoms with Crippen LogP contribution in [-0.2, 0) is 10.0 Å². The summed E-state index contributed by atoms with van der Waals surface area (Å²) < 4.78 is 28.1. The molecule has 7 heteroatoms. The number of amides is 1. The van der Waals surface area contributed by atoms with Crippen molar-refractivity contribution in [1.82, 2.24) is 9.29 Å². The van der Waals surface area contributed by atoms with E-state index in [0.717, 1.165) is 24.8 Å². The van der Waals surface area contributed by atoms with Crippen LogP contribution in [-0.4, -0.2) is 42.2 Å². The zero-order valence-electron chi connectivity index (χ0n) is 17.5. The molecule has 1 amide bonds. The molecule has 1 unspecified atom stereocenters. The van der Waals surface area contributed by atoms with Crippen LogP contribution in [0.3, 0.4) is 0 Å². The van der Waals surface area contributed by atoms with Crippen molar-refractivity contribution in [3.8, 4) is 0 Å².